The molecule has 0 amide bonds. The highest BCUT2D eigenvalue weighted by Gasteiger charge is 2.21. The van der Waals surface area contributed by atoms with Crippen LogP contribution in [0, 0.1) is 11.7 Å². The number of piperidine rings is 1. The molecule has 0 aliphatic carbocycles. The summed E-state index contributed by atoms with van der Waals surface area (Å²) in [6.07, 6.45) is 2.29. The smallest absolute Gasteiger partial charge is 0.165 e. The van der Waals surface area contributed by atoms with Crippen LogP contribution in [-0.2, 0) is 0 Å². The van der Waals surface area contributed by atoms with Crippen LogP contribution in [0.1, 0.15) is 31.2 Å². The minimum atomic E-state index is -0.515. The normalized spacial score (nSPS) is 19.6. The van der Waals surface area contributed by atoms with Gasteiger partial charge in [0.15, 0.2) is 11.6 Å². The Hall–Kier alpha value is -1.09. The first kappa shape index (κ1) is 11.4. The highest BCUT2D eigenvalue weighted by molar-refractivity contribution is 5.30. The van der Waals surface area contributed by atoms with Gasteiger partial charge in [-0.2, -0.15) is 0 Å². The molecule has 2 N–H and O–H groups in total. The SMILES string of the molecule is CC(c1ccc(O)c(F)c1)C1CCNCC1. The molecule has 0 saturated carbocycles. The van der Waals surface area contributed by atoms with Crippen molar-refractivity contribution in [3.8, 4) is 5.75 Å². The fraction of sp³-hybridized carbons (Fsp3) is 0.538. The van der Waals surface area contributed by atoms with Gasteiger partial charge in [-0.25, -0.2) is 4.39 Å². The topological polar surface area (TPSA) is 32.3 Å². The molecule has 0 radical (unpaired) electrons. The summed E-state index contributed by atoms with van der Waals surface area (Å²) in [4.78, 5) is 0. The molecule has 1 aliphatic heterocycles. The van der Waals surface area contributed by atoms with Crippen molar-refractivity contribution in [2.75, 3.05) is 13.1 Å². The second kappa shape index (κ2) is 4.83. The molecule has 3 heteroatoms. The Morgan fingerprint density at radius 1 is 1.38 bits per heavy atom. The first-order valence-corrected chi connectivity index (χ1v) is 5.87. The fourth-order valence-electron chi connectivity index (χ4n) is 2.42. The van der Waals surface area contributed by atoms with Crippen LogP contribution < -0.4 is 5.32 Å². The van der Waals surface area contributed by atoms with Crippen LogP contribution >= 0.6 is 0 Å². The summed E-state index contributed by atoms with van der Waals surface area (Å²) in [6, 6.07) is 4.73. The van der Waals surface area contributed by atoms with Crippen LogP contribution in [0.2, 0.25) is 0 Å². The van der Waals surface area contributed by atoms with Crippen molar-refractivity contribution >= 4 is 0 Å². The number of halogens is 1. The average Bonchev–Trinajstić information content (AvgIpc) is 2.33. The summed E-state index contributed by atoms with van der Waals surface area (Å²) in [5.74, 6) is 0.196. The second-order valence-corrected chi connectivity index (χ2v) is 4.59. The number of phenolic OH excluding ortho intramolecular Hbond substituents is 1. The van der Waals surface area contributed by atoms with Gasteiger partial charge in [0.2, 0.25) is 0 Å². The van der Waals surface area contributed by atoms with Gasteiger partial charge in [-0.1, -0.05) is 13.0 Å². The third kappa shape index (κ3) is 2.35. The van der Waals surface area contributed by atoms with E-state index in [0.29, 0.717) is 11.8 Å². The Morgan fingerprint density at radius 2 is 2.06 bits per heavy atom. The van der Waals surface area contributed by atoms with E-state index in [4.69, 9.17) is 5.11 Å². The number of phenols is 1. The molecule has 16 heavy (non-hydrogen) atoms. The van der Waals surface area contributed by atoms with Gasteiger partial charge in [0.1, 0.15) is 0 Å². The number of hydrogen-bond acceptors (Lipinski definition) is 2. The van der Waals surface area contributed by atoms with Crippen LogP contribution in [0.5, 0.6) is 5.75 Å². The zero-order chi connectivity index (χ0) is 11.5. The van der Waals surface area contributed by atoms with Gasteiger partial charge in [0, 0.05) is 0 Å². The van der Waals surface area contributed by atoms with Crippen LogP contribution in [-0.4, -0.2) is 18.2 Å². The van der Waals surface area contributed by atoms with E-state index in [0.717, 1.165) is 31.5 Å². The molecular weight excluding hydrogens is 205 g/mol. The lowest BCUT2D eigenvalue weighted by atomic mass is 9.82. The third-order valence-corrected chi connectivity index (χ3v) is 3.59. The Bertz CT molecular complexity index is 361. The average molecular weight is 223 g/mol. The monoisotopic (exact) mass is 223 g/mol. The van der Waals surface area contributed by atoms with E-state index in [9.17, 15) is 4.39 Å². The van der Waals surface area contributed by atoms with E-state index in [1.807, 2.05) is 6.07 Å². The number of rotatable bonds is 2. The molecule has 0 bridgehead atoms. The molecule has 0 aromatic heterocycles. The molecule has 1 aromatic carbocycles. The predicted molar refractivity (Wildman–Crippen MR) is 62.1 cm³/mol. The molecule has 88 valence electrons. The maximum absolute atomic E-state index is 13.2. The van der Waals surface area contributed by atoms with Crippen LogP contribution in [0.25, 0.3) is 0 Å². The van der Waals surface area contributed by atoms with Crippen molar-refractivity contribution in [3.05, 3.63) is 29.6 Å². The maximum Gasteiger partial charge on any atom is 0.165 e. The van der Waals surface area contributed by atoms with E-state index >= 15 is 0 Å². The molecule has 2 nitrogen and oxygen atoms in total. The van der Waals surface area contributed by atoms with Crippen LogP contribution in [0.4, 0.5) is 4.39 Å². The van der Waals surface area contributed by atoms with Crippen LogP contribution in [0.15, 0.2) is 18.2 Å². The van der Waals surface area contributed by atoms with Gasteiger partial charge in [-0.3, -0.25) is 0 Å². The lowest BCUT2D eigenvalue weighted by Gasteiger charge is -2.28. The summed E-state index contributed by atoms with van der Waals surface area (Å²) in [5.41, 5.74) is 0.988. The van der Waals surface area contributed by atoms with Gasteiger partial charge >= 0.3 is 0 Å². The van der Waals surface area contributed by atoms with Crippen molar-refractivity contribution < 1.29 is 9.50 Å². The molecule has 1 unspecified atom stereocenters. The lowest BCUT2D eigenvalue weighted by molar-refractivity contribution is 0.329. The largest absolute Gasteiger partial charge is 0.505 e. The first-order valence-electron chi connectivity index (χ1n) is 5.87. The Kier molecular flexibility index (Phi) is 3.44. The summed E-state index contributed by atoms with van der Waals surface area (Å²) >= 11 is 0. The fourth-order valence-corrected chi connectivity index (χ4v) is 2.42. The third-order valence-electron chi connectivity index (χ3n) is 3.59. The quantitative estimate of drug-likeness (QED) is 0.807. The van der Waals surface area contributed by atoms with Crippen LogP contribution in [0.3, 0.4) is 0 Å². The highest BCUT2D eigenvalue weighted by atomic mass is 19.1. The van der Waals surface area contributed by atoms with Crippen molar-refractivity contribution in [2.24, 2.45) is 5.92 Å². The Morgan fingerprint density at radius 3 is 2.69 bits per heavy atom. The van der Waals surface area contributed by atoms with E-state index in [1.165, 1.54) is 12.1 Å². The van der Waals surface area contributed by atoms with E-state index in [-0.39, 0.29) is 5.75 Å². The number of aromatic hydroxyl groups is 1. The molecule has 1 atom stereocenters. The predicted octanol–water partition coefficient (Wildman–Crippen LogP) is 2.63. The molecule has 1 heterocycles. The summed E-state index contributed by atoms with van der Waals surface area (Å²) < 4.78 is 13.2. The summed E-state index contributed by atoms with van der Waals surface area (Å²) in [5, 5.41) is 12.5. The Balaban J connectivity index is 2.12. The first-order chi connectivity index (χ1) is 7.68. The maximum atomic E-state index is 13.2. The molecule has 2 rings (SSSR count). The zero-order valence-electron chi connectivity index (χ0n) is 9.54. The molecular formula is C13H18FNO. The van der Waals surface area contributed by atoms with Gasteiger partial charge in [-0.15, -0.1) is 0 Å². The van der Waals surface area contributed by atoms with Crippen molar-refractivity contribution in [1.82, 2.24) is 5.32 Å². The standard InChI is InChI=1S/C13H18FNO/c1-9(10-4-6-15-7-5-10)11-2-3-13(16)12(14)8-11/h2-3,8-10,15-16H,4-7H2,1H3. The number of hydrogen-bond donors (Lipinski definition) is 2. The van der Waals surface area contributed by atoms with Crippen molar-refractivity contribution in [1.29, 1.82) is 0 Å². The van der Waals surface area contributed by atoms with Gasteiger partial charge in [0.05, 0.1) is 0 Å². The molecule has 1 fully saturated rings. The number of benzene rings is 1. The van der Waals surface area contributed by atoms with E-state index in [1.54, 1.807) is 0 Å². The molecule has 1 aliphatic rings. The van der Waals surface area contributed by atoms with Gasteiger partial charge < -0.3 is 10.4 Å². The zero-order valence-corrected chi connectivity index (χ0v) is 9.54. The van der Waals surface area contributed by atoms with E-state index in [2.05, 4.69) is 12.2 Å². The lowest BCUT2D eigenvalue weighted by Crippen LogP contribution is -2.30. The highest BCUT2D eigenvalue weighted by Crippen LogP contribution is 2.32. The van der Waals surface area contributed by atoms with Gasteiger partial charge in [-0.05, 0) is 55.5 Å². The molecule has 0 spiro atoms. The van der Waals surface area contributed by atoms with Gasteiger partial charge in [0.25, 0.3) is 0 Å². The second-order valence-electron chi connectivity index (χ2n) is 4.59. The minimum absolute atomic E-state index is 0.263. The molecule has 1 aromatic rings. The Labute approximate surface area is 95.5 Å². The number of nitrogens with one attached hydrogen (secondary N) is 1. The van der Waals surface area contributed by atoms with E-state index < -0.39 is 5.82 Å². The van der Waals surface area contributed by atoms with Crippen molar-refractivity contribution in [2.45, 2.75) is 25.7 Å². The summed E-state index contributed by atoms with van der Waals surface area (Å²) in [6.45, 7) is 4.24. The summed E-state index contributed by atoms with van der Waals surface area (Å²) in [7, 11) is 0. The minimum Gasteiger partial charge on any atom is -0.505 e. The molecule has 1 saturated heterocycles. The van der Waals surface area contributed by atoms with Crippen molar-refractivity contribution in [3.63, 3.8) is 0 Å².